The van der Waals surface area contributed by atoms with Gasteiger partial charge in [-0.25, -0.2) is 4.39 Å². The number of aliphatic hydroxyl groups is 1. The number of alkyl halides is 1. The number of hydrogen-bond donors (Lipinski definition) is 1. The van der Waals surface area contributed by atoms with Crippen molar-refractivity contribution >= 4 is 0 Å². The maximum atomic E-state index is 12.3. The normalized spacial score (nSPS) is 35.8. The number of halogens is 1. The van der Waals surface area contributed by atoms with Crippen LogP contribution in [0.25, 0.3) is 0 Å². The molecule has 1 rings (SSSR count). The zero-order chi connectivity index (χ0) is 6.04. The van der Waals surface area contributed by atoms with Gasteiger partial charge in [0.25, 0.3) is 0 Å². The van der Waals surface area contributed by atoms with Gasteiger partial charge in [0.15, 0.2) is 0 Å². The molecule has 0 amide bonds. The largest absolute Gasteiger partial charge is 0.358 e. The Hall–Kier alpha value is -0.630. The van der Waals surface area contributed by atoms with Gasteiger partial charge in [0, 0.05) is 6.42 Å². The van der Waals surface area contributed by atoms with Crippen LogP contribution in [0, 0.1) is 0 Å². The lowest BCUT2D eigenvalue weighted by Crippen LogP contribution is -2.18. The van der Waals surface area contributed by atoms with Crippen LogP contribution < -0.4 is 0 Å². The van der Waals surface area contributed by atoms with Crippen molar-refractivity contribution in [2.45, 2.75) is 12.3 Å². The Bertz CT molecular complexity index is 135. The van der Waals surface area contributed by atoms with Crippen LogP contribution in [0.2, 0.25) is 0 Å². The minimum Gasteiger partial charge on any atom is -0.358 e. The van der Waals surface area contributed by atoms with Gasteiger partial charge in [-0.3, -0.25) is 0 Å². The zero-order valence-electron chi connectivity index (χ0n) is 4.34. The predicted octanol–water partition coefficient (Wildman–Crippen LogP) is 1.16. The van der Waals surface area contributed by atoms with Crippen LogP contribution in [0.1, 0.15) is 6.42 Å². The summed E-state index contributed by atoms with van der Waals surface area (Å²) < 4.78 is 12.3. The monoisotopic (exact) mass is 114 g/mol. The first-order valence-electron chi connectivity index (χ1n) is 2.46. The maximum absolute atomic E-state index is 12.3. The first-order valence-corrected chi connectivity index (χ1v) is 2.46. The number of rotatable bonds is 0. The lowest BCUT2D eigenvalue weighted by Gasteiger charge is -2.12. The average Bonchev–Trinajstić information content (AvgIpc) is 1.65. The van der Waals surface area contributed by atoms with Crippen molar-refractivity contribution in [3.05, 3.63) is 24.3 Å². The second-order valence-electron chi connectivity index (χ2n) is 1.81. The lowest BCUT2D eigenvalue weighted by atomic mass is 10.1. The van der Waals surface area contributed by atoms with E-state index < -0.39 is 5.85 Å². The summed E-state index contributed by atoms with van der Waals surface area (Å²) in [4.78, 5) is 0. The molecule has 0 aliphatic heterocycles. The number of hydrogen-bond acceptors (Lipinski definition) is 1. The highest BCUT2D eigenvalue weighted by molar-refractivity contribution is 5.14. The standard InChI is InChI=1S/C6H7FO/c7-6(8)4-2-1-3-5-6/h1-4,8H,5H2. The third kappa shape index (κ3) is 1.17. The third-order valence-corrected chi connectivity index (χ3v) is 1.00. The zero-order valence-corrected chi connectivity index (χ0v) is 4.34. The molecule has 0 radical (unpaired) electrons. The fraction of sp³-hybridized carbons (Fsp3) is 0.333. The summed E-state index contributed by atoms with van der Waals surface area (Å²) >= 11 is 0. The fourth-order valence-electron chi connectivity index (χ4n) is 0.583. The van der Waals surface area contributed by atoms with Crippen LogP contribution in [0.3, 0.4) is 0 Å². The van der Waals surface area contributed by atoms with Gasteiger partial charge in [-0.15, -0.1) is 0 Å². The van der Waals surface area contributed by atoms with Crippen molar-refractivity contribution in [3.63, 3.8) is 0 Å². The molecule has 8 heavy (non-hydrogen) atoms. The second-order valence-corrected chi connectivity index (χ2v) is 1.81. The van der Waals surface area contributed by atoms with Crippen molar-refractivity contribution < 1.29 is 9.50 Å². The van der Waals surface area contributed by atoms with Crippen LogP contribution in [0.4, 0.5) is 4.39 Å². The third-order valence-electron chi connectivity index (χ3n) is 1.00. The molecule has 0 saturated heterocycles. The Kier molecular flexibility index (Phi) is 1.18. The molecule has 0 aromatic heterocycles. The van der Waals surface area contributed by atoms with Crippen LogP contribution in [-0.2, 0) is 0 Å². The Balaban J connectivity index is 2.65. The molecule has 1 unspecified atom stereocenters. The summed E-state index contributed by atoms with van der Waals surface area (Å²) in [6, 6.07) is 0. The van der Waals surface area contributed by atoms with E-state index in [1.165, 1.54) is 6.08 Å². The van der Waals surface area contributed by atoms with E-state index in [0.29, 0.717) is 0 Å². The molecule has 1 aliphatic carbocycles. The van der Waals surface area contributed by atoms with E-state index in [1.807, 2.05) is 0 Å². The van der Waals surface area contributed by atoms with E-state index in [4.69, 9.17) is 5.11 Å². The van der Waals surface area contributed by atoms with Gasteiger partial charge >= 0.3 is 0 Å². The highest BCUT2D eigenvalue weighted by Crippen LogP contribution is 2.17. The Morgan fingerprint density at radius 2 is 2.25 bits per heavy atom. The molecule has 1 atom stereocenters. The van der Waals surface area contributed by atoms with Gasteiger partial charge in [0.1, 0.15) is 0 Å². The van der Waals surface area contributed by atoms with Crippen molar-refractivity contribution in [2.75, 3.05) is 0 Å². The van der Waals surface area contributed by atoms with E-state index in [0.717, 1.165) is 6.08 Å². The van der Waals surface area contributed by atoms with Gasteiger partial charge in [0.05, 0.1) is 0 Å². The summed E-state index contributed by atoms with van der Waals surface area (Å²) in [5.41, 5.74) is 0. The first-order chi connectivity index (χ1) is 3.71. The SMILES string of the molecule is OC1(F)C=CC=CC1. The summed E-state index contributed by atoms with van der Waals surface area (Å²) in [5, 5.41) is 8.57. The van der Waals surface area contributed by atoms with E-state index in [1.54, 1.807) is 12.2 Å². The molecular formula is C6H7FO. The highest BCUT2D eigenvalue weighted by atomic mass is 19.2. The molecule has 1 aliphatic rings. The summed E-state index contributed by atoms with van der Waals surface area (Å²) in [7, 11) is 0. The van der Waals surface area contributed by atoms with Gasteiger partial charge in [0.2, 0.25) is 5.85 Å². The van der Waals surface area contributed by atoms with E-state index in [2.05, 4.69) is 0 Å². The molecule has 0 bridgehead atoms. The molecule has 44 valence electrons. The molecule has 1 nitrogen and oxygen atoms in total. The Labute approximate surface area is 47.1 Å². The highest BCUT2D eigenvalue weighted by Gasteiger charge is 2.20. The van der Waals surface area contributed by atoms with Crippen LogP contribution in [-0.4, -0.2) is 11.0 Å². The summed E-state index contributed by atoms with van der Waals surface area (Å²) in [6.07, 6.45) is 5.98. The summed E-state index contributed by atoms with van der Waals surface area (Å²) in [6.45, 7) is 0. The molecule has 0 aromatic rings. The quantitative estimate of drug-likeness (QED) is 0.501. The van der Waals surface area contributed by atoms with Gasteiger partial charge < -0.3 is 5.11 Å². The van der Waals surface area contributed by atoms with Crippen molar-refractivity contribution in [1.82, 2.24) is 0 Å². The maximum Gasteiger partial charge on any atom is 0.229 e. The predicted molar refractivity (Wildman–Crippen MR) is 29.0 cm³/mol. The molecule has 1 N–H and O–H groups in total. The van der Waals surface area contributed by atoms with Crippen LogP contribution in [0.5, 0.6) is 0 Å². The molecule has 0 spiro atoms. The minimum absolute atomic E-state index is 0.0729. The number of allylic oxidation sites excluding steroid dienone is 2. The molecule has 0 aromatic carbocycles. The van der Waals surface area contributed by atoms with Gasteiger partial charge in [-0.2, -0.15) is 0 Å². The fourth-order valence-corrected chi connectivity index (χ4v) is 0.583. The second kappa shape index (κ2) is 1.71. The Morgan fingerprint density at radius 3 is 2.50 bits per heavy atom. The average molecular weight is 114 g/mol. The molecule has 0 saturated carbocycles. The molecule has 0 fully saturated rings. The lowest BCUT2D eigenvalue weighted by molar-refractivity contribution is -0.0385. The molecule has 2 heteroatoms. The summed E-state index contributed by atoms with van der Waals surface area (Å²) in [5.74, 6) is -2.09. The van der Waals surface area contributed by atoms with Gasteiger partial charge in [-0.1, -0.05) is 18.2 Å². The first kappa shape index (κ1) is 5.51. The van der Waals surface area contributed by atoms with Gasteiger partial charge in [-0.05, 0) is 6.08 Å². The molecule has 0 heterocycles. The van der Waals surface area contributed by atoms with Crippen LogP contribution in [0.15, 0.2) is 24.3 Å². The van der Waals surface area contributed by atoms with Crippen LogP contribution >= 0.6 is 0 Å². The van der Waals surface area contributed by atoms with E-state index >= 15 is 0 Å². The Morgan fingerprint density at radius 1 is 1.50 bits per heavy atom. The topological polar surface area (TPSA) is 20.2 Å². The smallest absolute Gasteiger partial charge is 0.229 e. The van der Waals surface area contributed by atoms with Crippen molar-refractivity contribution in [1.29, 1.82) is 0 Å². The molecular weight excluding hydrogens is 107 g/mol. The van der Waals surface area contributed by atoms with E-state index in [9.17, 15) is 4.39 Å². The van der Waals surface area contributed by atoms with Crippen molar-refractivity contribution in [3.8, 4) is 0 Å². The van der Waals surface area contributed by atoms with Crippen molar-refractivity contribution in [2.24, 2.45) is 0 Å². The van der Waals surface area contributed by atoms with E-state index in [-0.39, 0.29) is 6.42 Å². The minimum atomic E-state index is -2.09.